The van der Waals surface area contributed by atoms with Crippen LogP contribution in [0.3, 0.4) is 0 Å². The summed E-state index contributed by atoms with van der Waals surface area (Å²) >= 11 is 0. The summed E-state index contributed by atoms with van der Waals surface area (Å²) in [5.41, 5.74) is 0.000528. The van der Waals surface area contributed by atoms with Gasteiger partial charge in [-0.3, -0.25) is 14.4 Å². The van der Waals surface area contributed by atoms with E-state index < -0.39 is 41.0 Å². The fourth-order valence-corrected chi connectivity index (χ4v) is 4.66. The number of hydrogen-bond acceptors (Lipinski definition) is 10. The molecule has 0 saturated heterocycles. The Kier molecular flexibility index (Phi) is 14.4. The molecular weight excluding hydrogens is 692 g/mol. The van der Waals surface area contributed by atoms with Crippen LogP contribution in [0.1, 0.15) is 93.2 Å². The third-order valence-electron chi connectivity index (χ3n) is 6.90. The number of amides is 1. The Hall–Kier alpha value is -5.60. The van der Waals surface area contributed by atoms with Gasteiger partial charge in [-0.15, -0.1) is 0 Å². The van der Waals surface area contributed by atoms with E-state index in [1.807, 2.05) is 0 Å². The van der Waals surface area contributed by atoms with Gasteiger partial charge in [0.05, 0.1) is 38.4 Å². The summed E-state index contributed by atoms with van der Waals surface area (Å²) in [6.07, 6.45) is -0.703. The second-order valence-electron chi connectivity index (χ2n) is 13.7. The molecule has 1 amide bonds. The van der Waals surface area contributed by atoms with E-state index in [9.17, 15) is 28.0 Å². The highest BCUT2D eigenvalue weighted by atomic mass is 19.1. The fourth-order valence-electron chi connectivity index (χ4n) is 4.66. The van der Waals surface area contributed by atoms with Crippen molar-refractivity contribution in [3.8, 4) is 0 Å². The molecule has 15 heteroatoms. The molecule has 2 aromatic carbocycles. The first kappa shape index (κ1) is 41.8. The van der Waals surface area contributed by atoms with Gasteiger partial charge in [-0.05, 0) is 73.6 Å². The van der Waals surface area contributed by atoms with Crippen molar-refractivity contribution >= 4 is 29.8 Å². The Morgan fingerprint density at radius 1 is 0.698 bits per heavy atom. The van der Waals surface area contributed by atoms with E-state index in [-0.39, 0.29) is 55.7 Å². The zero-order valence-electron chi connectivity index (χ0n) is 31.6. The zero-order chi connectivity index (χ0) is 39.5. The number of rotatable bonds is 11. The predicted molar refractivity (Wildman–Crippen MR) is 192 cm³/mol. The van der Waals surface area contributed by atoms with Gasteiger partial charge < -0.3 is 18.9 Å². The molecular formula is C38H47F2N5O8. The van der Waals surface area contributed by atoms with Gasteiger partial charge in [0.15, 0.2) is 11.4 Å². The molecule has 13 nitrogen and oxygen atoms in total. The maximum atomic E-state index is 14.0. The standard InChI is InChI=1S/C19H24FN3O4.C19H23FN2O4/c1-6-26-17(24)15-11-16(22(5)18(25)27-19(2,3)4)23(21-15)12-13-9-7-8-10-14(13)20;1-5-25-18(24)16-10-14(11-17(23)26-19(2,3)4)22(21-16)12-13-8-6-7-9-15(13)20/h7-11H,6,12H2,1-5H3;6-10H,5,11-12H2,1-4H3. The Morgan fingerprint density at radius 3 is 1.62 bits per heavy atom. The Morgan fingerprint density at radius 2 is 1.15 bits per heavy atom. The number of carbonyl (C=O) groups excluding carboxylic acids is 4. The molecule has 4 aromatic rings. The molecule has 2 heterocycles. The second-order valence-corrected chi connectivity index (χ2v) is 13.7. The van der Waals surface area contributed by atoms with Crippen molar-refractivity contribution in [2.24, 2.45) is 0 Å². The summed E-state index contributed by atoms with van der Waals surface area (Å²) < 4.78 is 51.4. The van der Waals surface area contributed by atoms with Gasteiger partial charge in [0, 0.05) is 24.2 Å². The molecule has 286 valence electrons. The van der Waals surface area contributed by atoms with Crippen LogP contribution >= 0.6 is 0 Å². The third-order valence-corrected chi connectivity index (χ3v) is 6.90. The lowest BCUT2D eigenvalue weighted by Gasteiger charge is -2.24. The Labute approximate surface area is 307 Å². The minimum Gasteiger partial charge on any atom is -0.461 e. The number of hydrogen-bond donors (Lipinski definition) is 0. The van der Waals surface area contributed by atoms with Gasteiger partial charge in [-0.1, -0.05) is 36.4 Å². The molecule has 0 spiro atoms. The van der Waals surface area contributed by atoms with Crippen LogP contribution in [0.2, 0.25) is 0 Å². The quantitative estimate of drug-likeness (QED) is 0.120. The normalized spacial score (nSPS) is 11.2. The van der Waals surface area contributed by atoms with Crippen molar-refractivity contribution in [2.75, 3.05) is 25.2 Å². The predicted octanol–water partition coefficient (Wildman–Crippen LogP) is 6.75. The molecule has 2 aromatic heterocycles. The number of halogens is 2. The molecule has 53 heavy (non-hydrogen) atoms. The highest BCUT2D eigenvalue weighted by Crippen LogP contribution is 2.22. The monoisotopic (exact) mass is 739 g/mol. The van der Waals surface area contributed by atoms with Gasteiger partial charge >= 0.3 is 24.0 Å². The molecule has 0 fully saturated rings. The van der Waals surface area contributed by atoms with Gasteiger partial charge in [0.25, 0.3) is 0 Å². The van der Waals surface area contributed by atoms with Crippen LogP contribution in [0.25, 0.3) is 0 Å². The topological polar surface area (TPSA) is 144 Å². The number of nitrogens with zero attached hydrogens (tertiary/aromatic N) is 5. The zero-order valence-corrected chi connectivity index (χ0v) is 31.6. The van der Waals surface area contributed by atoms with Crippen LogP contribution in [-0.4, -0.2) is 75.0 Å². The maximum absolute atomic E-state index is 14.0. The first-order valence-electron chi connectivity index (χ1n) is 17.0. The summed E-state index contributed by atoms with van der Waals surface area (Å²) in [4.78, 5) is 49.8. The number of carbonyl (C=O) groups is 4. The minimum atomic E-state index is -0.689. The molecule has 0 aliphatic carbocycles. The van der Waals surface area contributed by atoms with Crippen molar-refractivity contribution in [1.82, 2.24) is 19.6 Å². The van der Waals surface area contributed by atoms with Crippen LogP contribution < -0.4 is 4.90 Å². The summed E-state index contributed by atoms with van der Waals surface area (Å²) in [6, 6.07) is 15.4. The van der Waals surface area contributed by atoms with Crippen molar-refractivity contribution < 1.29 is 46.9 Å². The van der Waals surface area contributed by atoms with E-state index in [2.05, 4.69) is 10.2 Å². The molecule has 0 aliphatic rings. The SMILES string of the molecule is CCOC(=O)c1cc(CC(=O)OC(C)(C)C)n(Cc2ccccc2F)n1.CCOC(=O)c1cc(N(C)C(=O)OC(C)(C)C)n(Cc2ccccc2F)n1. The molecule has 0 N–H and O–H groups in total. The van der Waals surface area contributed by atoms with Crippen molar-refractivity contribution in [3.63, 3.8) is 0 Å². The minimum absolute atomic E-state index is 0.0265. The summed E-state index contributed by atoms with van der Waals surface area (Å²) in [5.74, 6) is -2.17. The first-order valence-corrected chi connectivity index (χ1v) is 17.0. The van der Waals surface area contributed by atoms with E-state index in [1.165, 1.54) is 45.6 Å². The molecule has 4 rings (SSSR count). The molecule has 0 bridgehead atoms. The highest BCUT2D eigenvalue weighted by Gasteiger charge is 2.26. The van der Waals surface area contributed by atoms with E-state index in [0.29, 0.717) is 16.8 Å². The second kappa shape index (κ2) is 18.2. The number of esters is 3. The summed E-state index contributed by atoms with van der Waals surface area (Å²) in [7, 11) is 1.50. The van der Waals surface area contributed by atoms with E-state index in [4.69, 9.17) is 18.9 Å². The van der Waals surface area contributed by atoms with Crippen LogP contribution in [0.5, 0.6) is 0 Å². The van der Waals surface area contributed by atoms with Crippen LogP contribution in [-0.2, 0) is 43.3 Å². The maximum Gasteiger partial charge on any atom is 0.415 e. The lowest BCUT2D eigenvalue weighted by molar-refractivity contribution is -0.154. The number of ether oxygens (including phenoxy) is 4. The average molecular weight is 740 g/mol. The highest BCUT2D eigenvalue weighted by molar-refractivity contribution is 5.91. The largest absolute Gasteiger partial charge is 0.461 e. The molecule has 0 radical (unpaired) electrons. The lowest BCUT2D eigenvalue weighted by atomic mass is 10.2. The first-order chi connectivity index (χ1) is 24.8. The van der Waals surface area contributed by atoms with Crippen LogP contribution in [0.15, 0.2) is 60.7 Å². The van der Waals surface area contributed by atoms with Crippen LogP contribution in [0.4, 0.5) is 19.4 Å². The third kappa shape index (κ3) is 12.8. The molecule has 0 saturated carbocycles. The summed E-state index contributed by atoms with van der Waals surface area (Å²) in [5, 5.41) is 8.37. The van der Waals surface area contributed by atoms with Crippen LogP contribution in [0, 0.1) is 11.6 Å². The van der Waals surface area contributed by atoms with Gasteiger partial charge in [0.1, 0.15) is 28.7 Å². The van der Waals surface area contributed by atoms with E-state index in [0.717, 1.165) is 0 Å². The number of aromatic nitrogens is 4. The Bertz CT molecular complexity index is 1890. The van der Waals surface area contributed by atoms with Gasteiger partial charge in [0.2, 0.25) is 0 Å². The van der Waals surface area contributed by atoms with E-state index >= 15 is 0 Å². The van der Waals surface area contributed by atoms with Gasteiger partial charge in [-0.25, -0.2) is 27.8 Å². The molecule has 0 aliphatic heterocycles. The molecule has 0 atom stereocenters. The fraction of sp³-hybridized carbons (Fsp3) is 0.421. The van der Waals surface area contributed by atoms with Crippen molar-refractivity contribution in [2.45, 2.75) is 86.1 Å². The summed E-state index contributed by atoms with van der Waals surface area (Å²) in [6.45, 7) is 14.5. The number of benzene rings is 2. The number of anilines is 1. The smallest absolute Gasteiger partial charge is 0.415 e. The lowest BCUT2D eigenvalue weighted by Crippen LogP contribution is -2.35. The van der Waals surface area contributed by atoms with E-state index in [1.54, 1.807) is 91.8 Å². The molecule has 0 unspecified atom stereocenters. The Balaban J connectivity index is 0.000000286. The van der Waals surface area contributed by atoms with Crippen molar-refractivity contribution in [1.29, 1.82) is 0 Å². The van der Waals surface area contributed by atoms with Gasteiger partial charge in [-0.2, -0.15) is 10.2 Å². The van der Waals surface area contributed by atoms with Crippen molar-refractivity contribution in [3.05, 3.63) is 101 Å². The average Bonchev–Trinajstić information content (AvgIpc) is 3.66.